The van der Waals surface area contributed by atoms with Crippen LogP contribution in [0.25, 0.3) is 0 Å². The van der Waals surface area contributed by atoms with Crippen molar-refractivity contribution < 1.29 is 40.7 Å². The van der Waals surface area contributed by atoms with E-state index in [0.29, 0.717) is 19.4 Å². The topological polar surface area (TPSA) is 186 Å². The molecule has 4 atom stereocenters. The average Bonchev–Trinajstić information content (AvgIpc) is 3.63. The number of carbonyl (C=O) groups excluding carboxylic acids is 1. The van der Waals surface area contributed by atoms with Crippen LogP contribution >= 0.6 is 0 Å². The fraction of sp³-hybridized carbons (Fsp3) is 0.581. The molecule has 0 saturated heterocycles. The van der Waals surface area contributed by atoms with Gasteiger partial charge in [0.15, 0.2) is 15.7 Å². The highest BCUT2D eigenvalue weighted by Crippen LogP contribution is 2.30. The van der Waals surface area contributed by atoms with Crippen molar-refractivity contribution in [2.24, 2.45) is 13.0 Å². The summed E-state index contributed by atoms with van der Waals surface area (Å²) in [6, 6.07) is 3.82. The van der Waals surface area contributed by atoms with E-state index in [9.17, 15) is 26.7 Å². The number of anilines is 1. The second-order valence-corrected chi connectivity index (χ2v) is 16.0. The van der Waals surface area contributed by atoms with Gasteiger partial charge in [-0.1, -0.05) is 12.1 Å². The SMILES string of the molecule is Cc1noc(C)c1S(=O)(=O)Nc1ccc2c(c1)C(=O)N([C@@H](C)CO)C[C@@H](C)[C@H](CN(C)S(=O)(=O)c1cn(C)cn1)OCCCC[C@@H](C)O2. The van der Waals surface area contributed by atoms with Crippen molar-refractivity contribution >= 4 is 31.6 Å². The molecule has 0 fully saturated rings. The summed E-state index contributed by atoms with van der Waals surface area (Å²) >= 11 is 0. The zero-order valence-electron chi connectivity index (χ0n) is 28.4. The van der Waals surface area contributed by atoms with E-state index in [-0.39, 0.29) is 64.2 Å². The first-order valence-corrected chi connectivity index (χ1v) is 18.7. The van der Waals surface area contributed by atoms with Gasteiger partial charge in [0.1, 0.15) is 11.4 Å². The van der Waals surface area contributed by atoms with Crippen molar-refractivity contribution in [2.45, 2.75) is 82.1 Å². The molecule has 0 spiro atoms. The first-order valence-electron chi connectivity index (χ1n) is 15.8. The lowest BCUT2D eigenvalue weighted by atomic mass is 10.0. The van der Waals surface area contributed by atoms with Crippen LogP contribution in [0.15, 0.2) is 45.2 Å². The second kappa shape index (κ2) is 15.4. The van der Waals surface area contributed by atoms with E-state index in [4.69, 9.17) is 14.0 Å². The highest BCUT2D eigenvalue weighted by molar-refractivity contribution is 7.92. The Morgan fingerprint density at radius 3 is 2.52 bits per heavy atom. The number of ether oxygens (including phenoxy) is 2. The zero-order chi connectivity index (χ0) is 35.4. The lowest BCUT2D eigenvalue weighted by molar-refractivity contribution is -0.00835. The van der Waals surface area contributed by atoms with Crippen molar-refractivity contribution in [3.8, 4) is 5.75 Å². The largest absolute Gasteiger partial charge is 0.490 e. The van der Waals surface area contributed by atoms with Gasteiger partial charge in [-0.25, -0.2) is 21.8 Å². The Hall–Kier alpha value is -3.51. The molecule has 17 heteroatoms. The maximum absolute atomic E-state index is 14.4. The molecule has 48 heavy (non-hydrogen) atoms. The fourth-order valence-corrected chi connectivity index (χ4v) is 8.07. The third kappa shape index (κ3) is 8.55. The number of sulfonamides is 2. The number of aromatic nitrogens is 3. The van der Waals surface area contributed by atoms with Crippen molar-refractivity contribution in [1.82, 2.24) is 23.9 Å². The van der Waals surface area contributed by atoms with Crippen molar-refractivity contribution in [3.63, 3.8) is 0 Å². The fourth-order valence-electron chi connectivity index (χ4n) is 5.55. The van der Waals surface area contributed by atoms with Crippen LogP contribution in [0, 0.1) is 19.8 Å². The summed E-state index contributed by atoms with van der Waals surface area (Å²) < 4.78 is 76.0. The second-order valence-electron chi connectivity index (χ2n) is 12.4. The molecule has 1 aliphatic heterocycles. The summed E-state index contributed by atoms with van der Waals surface area (Å²) in [5.74, 6) is -0.508. The van der Waals surface area contributed by atoms with Crippen LogP contribution in [0.3, 0.4) is 0 Å². The number of benzene rings is 1. The highest BCUT2D eigenvalue weighted by atomic mass is 32.2. The minimum Gasteiger partial charge on any atom is -0.490 e. The normalized spacial score (nSPS) is 21.0. The number of aliphatic hydroxyl groups is 1. The number of carbonyl (C=O) groups is 1. The van der Waals surface area contributed by atoms with E-state index in [1.807, 2.05) is 13.8 Å². The summed E-state index contributed by atoms with van der Waals surface area (Å²) in [4.78, 5) is 19.8. The number of imidazole rings is 1. The number of hydrogen-bond acceptors (Lipinski definition) is 11. The standard InChI is InChI=1S/C31H46N6O9S2/c1-20-15-37(21(2)18-38)31(39)26-14-25(34-47(40,41)30-23(4)33-46-24(30)5)11-12-27(26)45-22(3)10-8-9-13-44-28(20)16-36(7)48(42,43)29-17-35(6)19-32-29/h11-12,14,17,19-22,28,34,38H,8-10,13,15-16,18H2,1-7H3/t20-,21+,22-,28+/m1/s1. The summed E-state index contributed by atoms with van der Waals surface area (Å²) in [5, 5.41) is 13.9. The number of likely N-dealkylation sites (N-methyl/N-ethyl adjacent to an activating group) is 1. The van der Waals surface area contributed by atoms with Crippen LogP contribution in [0.2, 0.25) is 0 Å². The molecule has 3 heterocycles. The number of nitrogens with one attached hydrogen (secondary N) is 1. The summed E-state index contributed by atoms with van der Waals surface area (Å²) in [7, 11) is -4.89. The van der Waals surface area contributed by atoms with Crippen molar-refractivity contribution in [1.29, 1.82) is 0 Å². The predicted molar refractivity (Wildman–Crippen MR) is 177 cm³/mol. The van der Waals surface area contributed by atoms with E-state index in [1.54, 1.807) is 24.6 Å². The van der Waals surface area contributed by atoms with E-state index in [0.717, 1.165) is 6.42 Å². The molecular formula is C31H46N6O9S2. The van der Waals surface area contributed by atoms with Gasteiger partial charge in [0.05, 0.1) is 36.7 Å². The number of hydrogen-bond donors (Lipinski definition) is 2. The quantitative estimate of drug-likeness (QED) is 0.333. The molecular weight excluding hydrogens is 665 g/mol. The van der Waals surface area contributed by atoms with Gasteiger partial charge in [-0.3, -0.25) is 9.52 Å². The molecule has 266 valence electrons. The Bertz CT molecular complexity index is 1770. The Kier molecular flexibility index (Phi) is 11.9. The Labute approximate surface area is 282 Å². The molecule has 1 aromatic carbocycles. The van der Waals surface area contributed by atoms with Gasteiger partial charge in [-0.15, -0.1) is 0 Å². The summed E-state index contributed by atoms with van der Waals surface area (Å²) in [6.45, 7) is 8.54. The van der Waals surface area contributed by atoms with Crippen molar-refractivity contribution in [3.05, 3.63) is 47.7 Å². The monoisotopic (exact) mass is 710 g/mol. The van der Waals surface area contributed by atoms with Crippen LogP contribution in [0.4, 0.5) is 5.69 Å². The van der Waals surface area contributed by atoms with Gasteiger partial charge in [-0.05, 0) is 65.2 Å². The Morgan fingerprint density at radius 2 is 1.90 bits per heavy atom. The minimum atomic E-state index is -4.12. The van der Waals surface area contributed by atoms with Crippen LogP contribution in [0.1, 0.15) is 61.8 Å². The molecule has 1 amide bonds. The molecule has 4 rings (SSSR count). The summed E-state index contributed by atoms with van der Waals surface area (Å²) in [6.07, 6.45) is 4.02. The molecule has 0 unspecified atom stereocenters. The van der Waals surface area contributed by atoms with Crippen LogP contribution in [0.5, 0.6) is 5.75 Å². The van der Waals surface area contributed by atoms with Gasteiger partial charge in [-0.2, -0.15) is 4.31 Å². The lowest BCUT2D eigenvalue weighted by Crippen LogP contribution is -2.48. The smallest absolute Gasteiger partial charge is 0.267 e. The van der Waals surface area contributed by atoms with Gasteiger partial charge < -0.3 is 28.6 Å². The lowest BCUT2D eigenvalue weighted by Gasteiger charge is -2.35. The molecule has 15 nitrogen and oxygen atoms in total. The first kappa shape index (κ1) is 37.3. The highest BCUT2D eigenvalue weighted by Gasteiger charge is 2.33. The van der Waals surface area contributed by atoms with Crippen molar-refractivity contribution in [2.75, 3.05) is 38.1 Å². The maximum atomic E-state index is 14.4. The third-order valence-electron chi connectivity index (χ3n) is 8.33. The number of amides is 1. The third-order valence-corrected chi connectivity index (χ3v) is 11.7. The molecule has 1 aliphatic rings. The maximum Gasteiger partial charge on any atom is 0.267 e. The number of aliphatic hydroxyl groups excluding tert-OH is 1. The van der Waals surface area contributed by atoms with Crippen LogP contribution in [-0.2, 0) is 31.8 Å². The molecule has 2 N–H and O–H groups in total. The van der Waals surface area contributed by atoms with E-state index in [2.05, 4.69) is 14.9 Å². The molecule has 0 bridgehead atoms. The first-order chi connectivity index (χ1) is 22.5. The number of fused-ring (bicyclic) bond motifs is 1. The number of aryl methyl sites for hydroxylation is 3. The zero-order valence-corrected chi connectivity index (χ0v) is 30.0. The minimum absolute atomic E-state index is 0.000653. The van der Waals surface area contributed by atoms with E-state index in [1.165, 1.54) is 54.8 Å². The molecule has 0 aliphatic carbocycles. The predicted octanol–water partition coefficient (Wildman–Crippen LogP) is 2.94. The Morgan fingerprint density at radius 1 is 1.17 bits per heavy atom. The molecule has 0 saturated carbocycles. The van der Waals surface area contributed by atoms with Gasteiger partial charge in [0.2, 0.25) is 0 Å². The van der Waals surface area contributed by atoms with Gasteiger partial charge in [0, 0.05) is 51.6 Å². The summed E-state index contributed by atoms with van der Waals surface area (Å²) in [5.41, 5.74) is 0.406. The average molecular weight is 711 g/mol. The van der Waals surface area contributed by atoms with E-state index >= 15 is 0 Å². The molecule has 3 aromatic rings. The molecule has 2 aromatic heterocycles. The van der Waals surface area contributed by atoms with Crippen LogP contribution in [-0.4, -0.2) is 103 Å². The van der Waals surface area contributed by atoms with Gasteiger partial charge >= 0.3 is 0 Å². The number of rotatable bonds is 9. The number of nitrogens with zero attached hydrogens (tertiary/aromatic N) is 5. The Balaban J connectivity index is 1.69. The van der Waals surface area contributed by atoms with Crippen LogP contribution < -0.4 is 9.46 Å². The van der Waals surface area contributed by atoms with Gasteiger partial charge in [0.25, 0.3) is 26.0 Å². The molecule has 0 radical (unpaired) electrons. The van der Waals surface area contributed by atoms with E-state index < -0.39 is 44.0 Å².